The molecule has 2 aromatic carbocycles. The molecule has 0 radical (unpaired) electrons. The summed E-state index contributed by atoms with van der Waals surface area (Å²) in [7, 11) is -3.66. The van der Waals surface area contributed by atoms with Crippen molar-refractivity contribution in [1.82, 2.24) is 0 Å². The Hall–Kier alpha value is -2.05. The monoisotopic (exact) mass is 394 g/mol. The number of amides is 1. The molecule has 0 aliphatic rings. The van der Waals surface area contributed by atoms with Gasteiger partial charge in [-0.2, -0.15) is 0 Å². The highest BCUT2D eigenvalue weighted by molar-refractivity contribution is 7.92. The number of carbonyl (C=O) groups excluding carboxylic acids is 1. The van der Waals surface area contributed by atoms with Crippen molar-refractivity contribution in [2.24, 2.45) is 0 Å². The van der Waals surface area contributed by atoms with Crippen molar-refractivity contribution >= 4 is 38.9 Å². The molecule has 0 spiro atoms. The van der Waals surface area contributed by atoms with E-state index in [1.165, 1.54) is 0 Å². The predicted molar refractivity (Wildman–Crippen MR) is 108 cm³/mol. The summed E-state index contributed by atoms with van der Waals surface area (Å²) < 4.78 is 25.9. The van der Waals surface area contributed by atoms with Crippen molar-refractivity contribution in [3.8, 4) is 0 Å². The van der Waals surface area contributed by atoms with Crippen LogP contribution in [0.15, 0.2) is 36.4 Å². The molecule has 7 heteroatoms. The molecule has 0 saturated carbocycles. The van der Waals surface area contributed by atoms with Crippen LogP contribution in [-0.2, 0) is 14.8 Å². The normalized spacial score (nSPS) is 12.5. The van der Waals surface area contributed by atoms with Crippen LogP contribution in [0.5, 0.6) is 0 Å². The fourth-order valence-electron chi connectivity index (χ4n) is 2.65. The quantitative estimate of drug-likeness (QED) is 0.831. The summed E-state index contributed by atoms with van der Waals surface area (Å²) in [5, 5.41) is 3.30. The van der Waals surface area contributed by atoms with Gasteiger partial charge in [0.25, 0.3) is 0 Å². The van der Waals surface area contributed by atoms with Gasteiger partial charge < -0.3 is 5.32 Å². The van der Waals surface area contributed by atoms with Crippen LogP contribution in [-0.4, -0.2) is 26.6 Å². The number of hydrogen-bond acceptors (Lipinski definition) is 3. The summed E-state index contributed by atoms with van der Waals surface area (Å²) in [5.74, 6) is -0.431. The van der Waals surface area contributed by atoms with E-state index in [2.05, 4.69) is 5.32 Å². The third-order valence-corrected chi connectivity index (χ3v) is 6.01. The number of carbonyl (C=O) groups is 1. The Kier molecular flexibility index (Phi) is 5.98. The second-order valence-corrected chi connectivity index (χ2v) is 8.67. The number of benzene rings is 2. The molecule has 2 rings (SSSR count). The number of aryl methyl sites for hydroxylation is 2. The van der Waals surface area contributed by atoms with Crippen LogP contribution in [0.25, 0.3) is 0 Å². The molecule has 1 N–H and O–H groups in total. The third-order valence-electron chi connectivity index (χ3n) is 4.36. The zero-order valence-electron chi connectivity index (χ0n) is 15.5. The van der Waals surface area contributed by atoms with Gasteiger partial charge in [0.15, 0.2) is 0 Å². The predicted octanol–water partition coefficient (Wildman–Crippen LogP) is 4.06. The molecule has 1 amide bonds. The maximum Gasteiger partial charge on any atom is 0.248 e. The minimum Gasteiger partial charge on any atom is -0.324 e. The highest BCUT2D eigenvalue weighted by atomic mass is 35.5. The van der Waals surface area contributed by atoms with Crippen LogP contribution >= 0.6 is 11.6 Å². The number of halogens is 1. The number of hydrogen-bond donors (Lipinski definition) is 1. The lowest BCUT2D eigenvalue weighted by Crippen LogP contribution is -2.45. The smallest absolute Gasteiger partial charge is 0.248 e. The highest BCUT2D eigenvalue weighted by Crippen LogP contribution is 2.26. The molecule has 0 bridgehead atoms. The molecule has 5 nitrogen and oxygen atoms in total. The van der Waals surface area contributed by atoms with E-state index in [1.54, 1.807) is 44.2 Å². The SMILES string of the molecule is Cc1ccc(N(C(C)C(=O)Nc2cccc(Cl)c2C)S(C)(=O)=O)cc1C. The molecule has 0 fully saturated rings. The van der Waals surface area contributed by atoms with Crippen molar-refractivity contribution in [1.29, 1.82) is 0 Å². The van der Waals surface area contributed by atoms with Crippen molar-refractivity contribution in [2.75, 3.05) is 15.9 Å². The van der Waals surface area contributed by atoms with Gasteiger partial charge in [-0.15, -0.1) is 0 Å². The van der Waals surface area contributed by atoms with Gasteiger partial charge in [0, 0.05) is 10.7 Å². The first-order chi connectivity index (χ1) is 12.0. The minimum absolute atomic E-state index is 0.431. The van der Waals surface area contributed by atoms with Gasteiger partial charge in [-0.3, -0.25) is 9.10 Å². The summed E-state index contributed by atoms with van der Waals surface area (Å²) >= 11 is 6.08. The Bertz CT molecular complexity index is 942. The molecular weight excluding hydrogens is 372 g/mol. The number of nitrogens with one attached hydrogen (secondary N) is 1. The van der Waals surface area contributed by atoms with Crippen molar-refractivity contribution in [2.45, 2.75) is 33.7 Å². The minimum atomic E-state index is -3.66. The maximum atomic E-state index is 12.7. The highest BCUT2D eigenvalue weighted by Gasteiger charge is 2.29. The van der Waals surface area contributed by atoms with Crippen molar-refractivity contribution in [3.63, 3.8) is 0 Å². The average Bonchev–Trinajstić information content (AvgIpc) is 2.54. The Labute approximate surface area is 160 Å². The Morgan fingerprint density at radius 3 is 2.35 bits per heavy atom. The lowest BCUT2D eigenvalue weighted by Gasteiger charge is -2.29. The van der Waals surface area contributed by atoms with Gasteiger partial charge in [0.05, 0.1) is 11.9 Å². The van der Waals surface area contributed by atoms with E-state index in [4.69, 9.17) is 11.6 Å². The van der Waals surface area contributed by atoms with Gasteiger partial charge >= 0.3 is 0 Å². The molecular formula is C19H23ClN2O3S. The van der Waals surface area contributed by atoms with Gasteiger partial charge in [0.2, 0.25) is 15.9 Å². The number of rotatable bonds is 5. The topological polar surface area (TPSA) is 66.5 Å². The second kappa shape index (κ2) is 7.68. The molecule has 0 heterocycles. The van der Waals surface area contributed by atoms with Crippen molar-refractivity contribution in [3.05, 3.63) is 58.1 Å². The Morgan fingerprint density at radius 2 is 1.77 bits per heavy atom. The molecule has 0 saturated heterocycles. The van der Waals surface area contributed by atoms with E-state index in [9.17, 15) is 13.2 Å². The lowest BCUT2D eigenvalue weighted by molar-refractivity contribution is -0.116. The maximum absolute atomic E-state index is 12.7. The molecule has 1 atom stereocenters. The molecule has 26 heavy (non-hydrogen) atoms. The first-order valence-corrected chi connectivity index (χ1v) is 10.4. The van der Waals surface area contributed by atoms with Gasteiger partial charge in [-0.05, 0) is 68.7 Å². The van der Waals surface area contributed by atoms with Gasteiger partial charge in [-0.1, -0.05) is 23.7 Å². The fraction of sp³-hybridized carbons (Fsp3) is 0.316. The standard InChI is InChI=1S/C19H23ClN2O3S/c1-12-9-10-16(11-13(12)2)22(26(5,24)25)15(4)19(23)21-18-8-6-7-17(20)14(18)3/h6-11,15H,1-5H3,(H,21,23). The van der Waals surface area contributed by atoms with Crippen LogP contribution in [0, 0.1) is 20.8 Å². The van der Waals surface area contributed by atoms with Crippen LogP contribution in [0.2, 0.25) is 5.02 Å². The molecule has 1 unspecified atom stereocenters. The molecule has 0 aromatic heterocycles. The number of nitrogens with zero attached hydrogens (tertiary/aromatic N) is 1. The number of sulfonamides is 1. The van der Waals surface area contributed by atoms with Gasteiger partial charge in [0.1, 0.15) is 6.04 Å². The lowest BCUT2D eigenvalue weighted by atomic mass is 10.1. The van der Waals surface area contributed by atoms with E-state index >= 15 is 0 Å². The van der Waals surface area contributed by atoms with E-state index < -0.39 is 22.0 Å². The summed E-state index contributed by atoms with van der Waals surface area (Å²) in [6.07, 6.45) is 1.09. The third kappa shape index (κ3) is 4.37. The van der Waals surface area contributed by atoms with E-state index in [1.807, 2.05) is 19.9 Å². The first kappa shape index (κ1) is 20.3. The van der Waals surface area contributed by atoms with Gasteiger partial charge in [-0.25, -0.2) is 8.42 Å². The zero-order valence-corrected chi connectivity index (χ0v) is 17.1. The Balaban J connectivity index is 2.37. The largest absolute Gasteiger partial charge is 0.324 e. The average molecular weight is 395 g/mol. The van der Waals surface area contributed by atoms with E-state index in [-0.39, 0.29) is 0 Å². The molecule has 2 aromatic rings. The summed E-state index contributed by atoms with van der Waals surface area (Å²) in [6.45, 7) is 7.20. The fourth-order valence-corrected chi connectivity index (χ4v) is 3.99. The van der Waals surface area contributed by atoms with Crippen LogP contribution in [0.1, 0.15) is 23.6 Å². The second-order valence-electron chi connectivity index (χ2n) is 6.40. The summed E-state index contributed by atoms with van der Waals surface area (Å²) in [6, 6.07) is 9.58. The van der Waals surface area contributed by atoms with Crippen LogP contribution < -0.4 is 9.62 Å². The van der Waals surface area contributed by atoms with Crippen LogP contribution in [0.4, 0.5) is 11.4 Å². The van der Waals surface area contributed by atoms with E-state index in [0.717, 1.165) is 27.3 Å². The molecule has 0 aliphatic carbocycles. The number of anilines is 2. The van der Waals surface area contributed by atoms with Crippen LogP contribution in [0.3, 0.4) is 0 Å². The molecule has 140 valence electrons. The molecule has 0 aliphatic heterocycles. The van der Waals surface area contributed by atoms with E-state index in [0.29, 0.717) is 16.4 Å². The first-order valence-electron chi connectivity index (χ1n) is 8.15. The Morgan fingerprint density at radius 1 is 1.12 bits per heavy atom. The summed E-state index contributed by atoms with van der Waals surface area (Å²) in [4.78, 5) is 12.7. The zero-order chi connectivity index (χ0) is 19.6. The van der Waals surface area contributed by atoms with Crippen molar-refractivity contribution < 1.29 is 13.2 Å². The summed E-state index contributed by atoms with van der Waals surface area (Å²) in [5.41, 5.74) is 3.75.